The molecule has 0 bridgehead atoms. The van der Waals surface area contributed by atoms with E-state index in [0.717, 1.165) is 45.6 Å². The zero-order valence-electron chi connectivity index (χ0n) is 16.0. The topological polar surface area (TPSA) is 26.8 Å². The lowest BCUT2D eigenvalue weighted by molar-refractivity contribution is -0.135. The summed E-state index contributed by atoms with van der Waals surface area (Å²) in [4.78, 5) is 19.6. The van der Waals surface area contributed by atoms with Crippen LogP contribution in [0.4, 0.5) is 0 Å². The first-order valence-corrected chi connectivity index (χ1v) is 9.49. The maximum atomic E-state index is 12.4. The van der Waals surface area contributed by atoms with E-state index in [2.05, 4.69) is 49.3 Å². The second-order valence-electron chi connectivity index (χ2n) is 8.98. The molecule has 0 aromatic rings. The Morgan fingerprint density at radius 1 is 1.09 bits per heavy atom. The van der Waals surface area contributed by atoms with Crippen molar-refractivity contribution in [2.24, 2.45) is 11.3 Å². The molecule has 4 heteroatoms. The summed E-state index contributed by atoms with van der Waals surface area (Å²) >= 11 is 0. The minimum Gasteiger partial charge on any atom is -0.343 e. The van der Waals surface area contributed by atoms with Crippen LogP contribution in [0.5, 0.6) is 0 Å². The molecule has 0 saturated carbocycles. The van der Waals surface area contributed by atoms with Crippen molar-refractivity contribution in [3.8, 4) is 0 Å². The number of carbonyl (C=O) groups excluding carboxylic acids is 1. The number of piperazine rings is 1. The van der Waals surface area contributed by atoms with E-state index in [1.807, 2.05) is 0 Å². The van der Waals surface area contributed by atoms with Crippen molar-refractivity contribution in [2.75, 3.05) is 45.8 Å². The van der Waals surface area contributed by atoms with Gasteiger partial charge < -0.3 is 9.80 Å². The minimum absolute atomic E-state index is 0.313. The number of rotatable bonds is 5. The first-order chi connectivity index (χ1) is 10.7. The Morgan fingerprint density at radius 3 is 2.26 bits per heavy atom. The van der Waals surface area contributed by atoms with Crippen LogP contribution in [0, 0.1) is 11.3 Å². The highest BCUT2D eigenvalue weighted by Crippen LogP contribution is 2.24. The summed E-state index contributed by atoms with van der Waals surface area (Å²) in [7, 11) is 0. The standard InChI is InChI=1S/C19H37N3O/c1-16(2)21-12-10-20(11-13-21)15-17-6-8-22(18(23)14-17)9-7-19(3,4)5/h16-17H,6-15H2,1-5H3. The average Bonchev–Trinajstić information content (AvgIpc) is 2.46. The normalized spacial score (nSPS) is 25.4. The van der Waals surface area contributed by atoms with E-state index >= 15 is 0 Å². The molecule has 2 rings (SSSR count). The fourth-order valence-electron chi connectivity index (χ4n) is 3.63. The Hall–Kier alpha value is -0.610. The molecule has 0 N–H and O–H groups in total. The van der Waals surface area contributed by atoms with Crippen LogP contribution in [0.3, 0.4) is 0 Å². The Kier molecular flexibility index (Phi) is 6.49. The van der Waals surface area contributed by atoms with Gasteiger partial charge in [-0.3, -0.25) is 9.69 Å². The van der Waals surface area contributed by atoms with E-state index in [4.69, 9.17) is 0 Å². The summed E-state index contributed by atoms with van der Waals surface area (Å²) in [6.07, 6.45) is 3.04. The van der Waals surface area contributed by atoms with Crippen LogP contribution >= 0.6 is 0 Å². The summed E-state index contributed by atoms with van der Waals surface area (Å²) < 4.78 is 0. The van der Waals surface area contributed by atoms with Gasteiger partial charge in [-0.2, -0.15) is 0 Å². The lowest BCUT2D eigenvalue weighted by Crippen LogP contribution is -2.51. The molecule has 0 aromatic heterocycles. The molecule has 2 aliphatic rings. The number of hydrogen-bond acceptors (Lipinski definition) is 3. The molecule has 2 fully saturated rings. The molecule has 2 aliphatic heterocycles. The molecule has 23 heavy (non-hydrogen) atoms. The molecule has 0 aromatic carbocycles. The molecule has 0 aliphatic carbocycles. The number of piperidine rings is 1. The molecule has 1 amide bonds. The van der Waals surface area contributed by atoms with Gasteiger partial charge in [-0.25, -0.2) is 0 Å². The van der Waals surface area contributed by atoms with Crippen LogP contribution < -0.4 is 0 Å². The lowest BCUT2D eigenvalue weighted by Gasteiger charge is -2.40. The van der Waals surface area contributed by atoms with Gasteiger partial charge in [0.15, 0.2) is 0 Å². The summed E-state index contributed by atoms with van der Waals surface area (Å²) in [5.41, 5.74) is 0.313. The van der Waals surface area contributed by atoms with Gasteiger partial charge in [0.2, 0.25) is 5.91 Å². The van der Waals surface area contributed by atoms with Crippen LogP contribution in [0.15, 0.2) is 0 Å². The zero-order chi connectivity index (χ0) is 17.0. The second-order valence-corrected chi connectivity index (χ2v) is 8.98. The maximum Gasteiger partial charge on any atom is 0.222 e. The third kappa shape index (κ3) is 6.07. The van der Waals surface area contributed by atoms with Gasteiger partial charge >= 0.3 is 0 Å². The van der Waals surface area contributed by atoms with Gasteiger partial charge in [-0.1, -0.05) is 20.8 Å². The van der Waals surface area contributed by atoms with Crippen LogP contribution in [0.2, 0.25) is 0 Å². The molecule has 4 nitrogen and oxygen atoms in total. The Bertz CT molecular complexity index is 381. The van der Waals surface area contributed by atoms with Gasteiger partial charge in [0.25, 0.3) is 0 Å². The Balaban J connectivity index is 1.71. The third-order valence-electron chi connectivity index (χ3n) is 5.41. The quantitative estimate of drug-likeness (QED) is 0.778. The van der Waals surface area contributed by atoms with Crippen molar-refractivity contribution in [3.05, 3.63) is 0 Å². The summed E-state index contributed by atoms with van der Waals surface area (Å²) in [6.45, 7) is 19.0. The van der Waals surface area contributed by atoms with Crippen molar-refractivity contribution in [1.82, 2.24) is 14.7 Å². The van der Waals surface area contributed by atoms with Gasteiger partial charge in [-0.05, 0) is 38.0 Å². The monoisotopic (exact) mass is 323 g/mol. The van der Waals surface area contributed by atoms with E-state index in [0.29, 0.717) is 23.3 Å². The second kappa shape index (κ2) is 7.98. The zero-order valence-corrected chi connectivity index (χ0v) is 16.0. The number of hydrogen-bond donors (Lipinski definition) is 0. The fourth-order valence-corrected chi connectivity index (χ4v) is 3.63. The minimum atomic E-state index is 0.313. The highest BCUT2D eigenvalue weighted by molar-refractivity contribution is 5.77. The van der Waals surface area contributed by atoms with Crippen molar-refractivity contribution in [2.45, 2.75) is 59.9 Å². The van der Waals surface area contributed by atoms with Crippen molar-refractivity contribution >= 4 is 5.91 Å². The van der Waals surface area contributed by atoms with Crippen LogP contribution in [-0.4, -0.2) is 72.5 Å². The van der Waals surface area contributed by atoms with Gasteiger partial charge in [0, 0.05) is 58.3 Å². The van der Waals surface area contributed by atoms with E-state index < -0.39 is 0 Å². The van der Waals surface area contributed by atoms with Crippen LogP contribution in [-0.2, 0) is 4.79 Å². The molecule has 0 spiro atoms. The van der Waals surface area contributed by atoms with E-state index in [9.17, 15) is 4.79 Å². The number of nitrogens with zero attached hydrogens (tertiary/aromatic N) is 3. The molecule has 134 valence electrons. The predicted octanol–water partition coefficient (Wildman–Crippen LogP) is 2.69. The highest BCUT2D eigenvalue weighted by Gasteiger charge is 2.29. The largest absolute Gasteiger partial charge is 0.343 e. The summed E-state index contributed by atoms with van der Waals surface area (Å²) in [6, 6.07) is 0.657. The summed E-state index contributed by atoms with van der Waals surface area (Å²) in [5.74, 6) is 0.949. The fraction of sp³-hybridized carbons (Fsp3) is 0.947. The average molecular weight is 324 g/mol. The molecule has 0 radical (unpaired) electrons. The molecule has 1 atom stereocenters. The van der Waals surface area contributed by atoms with Gasteiger partial charge in [-0.15, -0.1) is 0 Å². The van der Waals surface area contributed by atoms with E-state index in [-0.39, 0.29) is 0 Å². The first kappa shape index (κ1) is 18.7. The maximum absolute atomic E-state index is 12.4. The number of amides is 1. The molecule has 1 unspecified atom stereocenters. The Labute approximate surface area is 143 Å². The number of carbonyl (C=O) groups is 1. The van der Waals surface area contributed by atoms with E-state index in [1.54, 1.807) is 0 Å². The lowest BCUT2D eigenvalue weighted by atomic mass is 9.90. The van der Waals surface area contributed by atoms with E-state index in [1.165, 1.54) is 19.5 Å². The predicted molar refractivity (Wildman–Crippen MR) is 96.5 cm³/mol. The molecular formula is C19H37N3O. The van der Waals surface area contributed by atoms with Crippen molar-refractivity contribution < 1.29 is 4.79 Å². The van der Waals surface area contributed by atoms with Crippen molar-refractivity contribution in [3.63, 3.8) is 0 Å². The van der Waals surface area contributed by atoms with Gasteiger partial charge in [0.05, 0.1) is 0 Å². The third-order valence-corrected chi connectivity index (χ3v) is 5.41. The SMILES string of the molecule is CC(C)N1CCN(CC2CCN(CCC(C)(C)C)C(=O)C2)CC1. The van der Waals surface area contributed by atoms with Crippen LogP contribution in [0.1, 0.15) is 53.9 Å². The Morgan fingerprint density at radius 2 is 1.74 bits per heavy atom. The molecular weight excluding hydrogens is 286 g/mol. The summed E-state index contributed by atoms with van der Waals surface area (Å²) in [5, 5.41) is 0. The molecule has 2 saturated heterocycles. The highest BCUT2D eigenvalue weighted by atomic mass is 16.2. The van der Waals surface area contributed by atoms with Crippen molar-refractivity contribution in [1.29, 1.82) is 0 Å². The van der Waals surface area contributed by atoms with Gasteiger partial charge in [0.1, 0.15) is 0 Å². The molecule has 2 heterocycles. The number of likely N-dealkylation sites (tertiary alicyclic amines) is 1. The smallest absolute Gasteiger partial charge is 0.222 e. The first-order valence-electron chi connectivity index (χ1n) is 9.49. The van der Waals surface area contributed by atoms with Crippen LogP contribution in [0.25, 0.3) is 0 Å².